The van der Waals surface area contributed by atoms with Gasteiger partial charge in [-0.1, -0.05) is 0 Å². The lowest BCUT2D eigenvalue weighted by Crippen LogP contribution is -2.49. The maximum absolute atomic E-state index is 13.4. The van der Waals surface area contributed by atoms with Gasteiger partial charge in [-0.15, -0.1) is 0 Å². The molecule has 0 amide bonds. The van der Waals surface area contributed by atoms with Crippen molar-refractivity contribution >= 4 is 11.4 Å². The van der Waals surface area contributed by atoms with Crippen molar-refractivity contribution < 1.29 is 18.1 Å². The Hall–Kier alpha value is -1.79. The summed E-state index contributed by atoms with van der Waals surface area (Å²) in [5, 5.41) is 10.3. The van der Waals surface area contributed by atoms with Crippen molar-refractivity contribution in [1.82, 2.24) is 0 Å². The minimum Gasteiger partial charge on any atom is -0.361 e. The number of alkyl halides is 1. The van der Waals surface area contributed by atoms with Crippen molar-refractivity contribution in [3.05, 3.63) is 33.9 Å². The lowest BCUT2D eigenvalue weighted by atomic mass is 10.1. The van der Waals surface area contributed by atoms with Gasteiger partial charge in [-0.25, -0.2) is 13.2 Å². The smallest absolute Gasteiger partial charge is 0.275 e. The molecule has 0 radical (unpaired) electrons. The number of nitro benzene ring substituents is 1. The van der Waals surface area contributed by atoms with Crippen LogP contribution in [0.25, 0.3) is 0 Å². The lowest BCUT2D eigenvalue weighted by molar-refractivity contribution is -0.385. The highest BCUT2D eigenvalue weighted by atomic mass is 19.1. The second-order valence-electron chi connectivity index (χ2n) is 3.52. The predicted molar refractivity (Wildman–Crippen MR) is 50.1 cm³/mol. The molecule has 1 fully saturated rings. The van der Waals surface area contributed by atoms with E-state index < -0.39 is 34.1 Å². The third kappa shape index (κ3) is 1.68. The number of nitrogens with zero attached hydrogens (tertiary/aromatic N) is 2. The number of hydrogen-bond donors (Lipinski definition) is 0. The van der Waals surface area contributed by atoms with Gasteiger partial charge < -0.3 is 4.90 Å². The summed E-state index contributed by atoms with van der Waals surface area (Å²) in [7, 11) is 0. The molecule has 7 heteroatoms. The first kappa shape index (κ1) is 10.7. The molecule has 1 saturated heterocycles. The fourth-order valence-electron chi connectivity index (χ4n) is 1.57. The second-order valence-corrected chi connectivity index (χ2v) is 3.52. The molecule has 0 unspecified atom stereocenters. The van der Waals surface area contributed by atoms with Gasteiger partial charge in [-0.3, -0.25) is 10.1 Å². The quantitative estimate of drug-likeness (QED) is 0.579. The summed E-state index contributed by atoms with van der Waals surface area (Å²) < 4.78 is 39.3. The van der Waals surface area contributed by atoms with E-state index in [9.17, 15) is 23.3 Å². The van der Waals surface area contributed by atoms with Crippen molar-refractivity contribution in [2.45, 2.75) is 6.17 Å². The van der Waals surface area contributed by atoms with Crippen molar-refractivity contribution in [2.24, 2.45) is 0 Å². The topological polar surface area (TPSA) is 46.4 Å². The van der Waals surface area contributed by atoms with Crippen LogP contribution in [0, 0.1) is 21.7 Å². The van der Waals surface area contributed by atoms with E-state index >= 15 is 0 Å². The maximum Gasteiger partial charge on any atom is 0.275 e. The molecule has 0 aromatic heterocycles. The van der Waals surface area contributed by atoms with Crippen molar-refractivity contribution in [1.29, 1.82) is 0 Å². The first-order valence-electron chi connectivity index (χ1n) is 4.51. The van der Waals surface area contributed by atoms with E-state index in [4.69, 9.17) is 0 Å². The maximum atomic E-state index is 13.4. The number of hydrogen-bond acceptors (Lipinski definition) is 3. The second kappa shape index (κ2) is 3.66. The van der Waals surface area contributed by atoms with Crippen LogP contribution in [0.1, 0.15) is 0 Å². The molecule has 4 nitrogen and oxygen atoms in total. The first-order valence-corrected chi connectivity index (χ1v) is 4.51. The molecule has 0 aliphatic carbocycles. The van der Waals surface area contributed by atoms with E-state index in [-0.39, 0.29) is 13.1 Å². The molecule has 86 valence electrons. The van der Waals surface area contributed by atoms with Crippen LogP contribution < -0.4 is 4.90 Å². The summed E-state index contributed by atoms with van der Waals surface area (Å²) >= 11 is 0. The van der Waals surface area contributed by atoms with E-state index in [1.54, 1.807) is 0 Å². The average Bonchev–Trinajstić information content (AvgIpc) is 2.13. The summed E-state index contributed by atoms with van der Waals surface area (Å²) in [6.07, 6.45) is -1.10. The molecule has 0 saturated carbocycles. The van der Waals surface area contributed by atoms with Gasteiger partial charge in [0.2, 0.25) is 0 Å². The highest BCUT2D eigenvalue weighted by Gasteiger charge is 2.31. The molecule has 1 aromatic rings. The van der Waals surface area contributed by atoms with E-state index in [1.807, 2.05) is 0 Å². The van der Waals surface area contributed by atoms with Crippen LogP contribution in [0.15, 0.2) is 12.1 Å². The Morgan fingerprint density at radius 3 is 2.19 bits per heavy atom. The van der Waals surface area contributed by atoms with Crippen LogP contribution in [0.3, 0.4) is 0 Å². The molecule has 1 aromatic carbocycles. The monoisotopic (exact) mass is 232 g/mol. The number of anilines is 1. The fourth-order valence-corrected chi connectivity index (χ4v) is 1.57. The minimum atomic E-state index is -1.10. The van der Waals surface area contributed by atoms with Crippen molar-refractivity contribution in [2.75, 3.05) is 18.0 Å². The predicted octanol–water partition coefficient (Wildman–Crippen LogP) is 2.03. The number of halogens is 3. The lowest BCUT2D eigenvalue weighted by Gasteiger charge is -2.36. The Morgan fingerprint density at radius 1 is 1.31 bits per heavy atom. The van der Waals surface area contributed by atoms with Gasteiger partial charge in [-0.2, -0.15) is 0 Å². The van der Waals surface area contributed by atoms with E-state index in [1.165, 1.54) is 4.90 Å². The first-order chi connectivity index (χ1) is 7.49. The molecular weight excluding hydrogens is 225 g/mol. The van der Waals surface area contributed by atoms with Crippen molar-refractivity contribution in [3.63, 3.8) is 0 Å². The molecule has 0 spiro atoms. The summed E-state index contributed by atoms with van der Waals surface area (Å²) in [4.78, 5) is 10.6. The number of benzene rings is 1. The third-order valence-corrected chi connectivity index (χ3v) is 2.37. The molecular formula is C9H7F3N2O2. The standard InChI is InChI=1S/C9H7F3N2O2/c10-5-3-13(4-5)9-7(11)1-6(14(15)16)2-8(9)12/h1-2,5H,3-4H2. The Morgan fingerprint density at radius 2 is 1.81 bits per heavy atom. The summed E-state index contributed by atoms with van der Waals surface area (Å²) in [6.45, 7) is -0.183. The normalized spacial score (nSPS) is 16.1. The summed E-state index contributed by atoms with van der Waals surface area (Å²) in [6, 6.07) is 1.26. The summed E-state index contributed by atoms with van der Waals surface area (Å²) in [5.41, 5.74) is -1.06. The zero-order valence-corrected chi connectivity index (χ0v) is 7.99. The summed E-state index contributed by atoms with van der Waals surface area (Å²) in [5.74, 6) is -2.09. The van der Waals surface area contributed by atoms with Crippen molar-refractivity contribution in [3.8, 4) is 0 Å². The Kier molecular flexibility index (Phi) is 2.45. The van der Waals surface area contributed by atoms with Crippen LogP contribution in [0.4, 0.5) is 24.5 Å². The molecule has 1 aliphatic rings. The van der Waals surface area contributed by atoms with Gasteiger partial charge >= 0.3 is 0 Å². The van der Waals surface area contributed by atoms with Crippen LogP contribution in [0.2, 0.25) is 0 Å². The van der Waals surface area contributed by atoms with Gasteiger partial charge in [0.15, 0.2) is 11.6 Å². The van der Waals surface area contributed by atoms with E-state index in [0.717, 1.165) is 0 Å². The zero-order valence-electron chi connectivity index (χ0n) is 7.99. The fraction of sp³-hybridized carbons (Fsp3) is 0.333. The molecule has 16 heavy (non-hydrogen) atoms. The third-order valence-electron chi connectivity index (χ3n) is 2.37. The van der Waals surface area contributed by atoms with Crippen LogP contribution in [0.5, 0.6) is 0 Å². The number of nitro groups is 1. The zero-order chi connectivity index (χ0) is 11.9. The van der Waals surface area contributed by atoms with Gasteiger partial charge in [-0.05, 0) is 0 Å². The van der Waals surface area contributed by atoms with Gasteiger partial charge in [0, 0.05) is 0 Å². The number of rotatable bonds is 2. The van der Waals surface area contributed by atoms with Crippen LogP contribution in [-0.2, 0) is 0 Å². The molecule has 0 N–H and O–H groups in total. The molecule has 0 atom stereocenters. The SMILES string of the molecule is O=[N+]([O-])c1cc(F)c(N2CC(F)C2)c(F)c1. The molecule has 2 rings (SSSR count). The Balaban J connectivity index is 2.36. The van der Waals surface area contributed by atoms with Crippen LogP contribution in [-0.4, -0.2) is 24.2 Å². The highest BCUT2D eigenvalue weighted by molar-refractivity contribution is 5.55. The average molecular weight is 232 g/mol. The van der Waals surface area contributed by atoms with Gasteiger partial charge in [0.05, 0.1) is 30.1 Å². The number of non-ortho nitro benzene ring substituents is 1. The van der Waals surface area contributed by atoms with Gasteiger partial charge in [0.1, 0.15) is 11.9 Å². The van der Waals surface area contributed by atoms with E-state index in [2.05, 4.69) is 0 Å². The van der Waals surface area contributed by atoms with E-state index in [0.29, 0.717) is 12.1 Å². The Bertz CT molecular complexity index is 423. The molecule has 1 aliphatic heterocycles. The van der Waals surface area contributed by atoms with Gasteiger partial charge in [0.25, 0.3) is 5.69 Å². The Labute approximate surface area is 88.4 Å². The largest absolute Gasteiger partial charge is 0.361 e. The highest BCUT2D eigenvalue weighted by Crippen LogP contribution is 2.31. The van der Waals surface area contributed by atoms with Crippen LogP contribution >= 0.6 is 0 Å². The molecule has 1 heterocycles. The minimum absolute atomic E-state index is 0.0916. The molecule has 0 bridgehead atoms.